The maximum absolute atomic E-state index is 8.67. The summed E-state index contributed by atoms with van der Waals surface area (Å²) < 4.78 is 5.61. The molecule has 0 saturated heterocycles. The van der Waals surface area contributed by atoms with Crippen molar-refractivity contribution in [1.82, 2.24) is 0 Å². The van der Waals surface area contributed by atoms with Crippen LogP contribution in [0.15, 0.2) is 41.6 Å². The molecule has 0 aliphatic heterocycles. The molecular formula is C14H11Cl3N2O2. The lowest BCUT2D eigenvalue weighted by molar-refractivity contribution is 0.306. The molecule has 0 unspecified atom stereocenters. The van der Waals surface area contributed by atoms with Crippen LogP contribution in [-0.4, -0.2) is 11.0 Å². The van der Waals surface area contributed by atoms with E-state index in [9.17, 15) is 0 Å². The number of amidine groups is 1. The minimum atomic E-state index is 0.0319. The van der Waals surface area contributed by atoms with Gasteiger partial charge in [-0.25, -0.2) is 0 Å². The molecule has 110 valence electrons. The average molecular weight is 346 g/mol. The fourth-order valence-electron chi connectivity index (χ4n) is 1.65. The van der Waals surface area contributed by atoms with Crippen LogP contribution in [0.4, 0.5) is 0 Å². The smallest absolute Gasteiger partial charge is 0.170 e. The van der Waals surface area contributed by atoms with Gasteiger partial charge in [0.05, 0.1) is 15.1 Å². The van der Waals surface area contributed by atoms with Crippen molar-refractivity contribution in [2.24, 2.45) is 10.9 Å². The number of ether oxygens (including phenoxy) is 1. The summed E-state index contributed by atoms with van der Waals surface area (Å²) >= 11 is 17.8. The molecule has 2 aromatic carbocycles. The first-order valence-corrected chi connectivity index (χ1v) is 6.99. The first-order valence-electron chi connectivity index (χ1n) is 5.85. The van der Waals surface area contributed by atoms with Crippen LogP contribution in [-0.2, 0) is 6.61 Å². The fourth-order valence-corrected chi connectivity index (χ4v) is 2.25. The summed E-state index contributed by atoms with van der Waals surface area (Å²) in [5, 5.41) is 12.7. The fraction of sp³-hybridized carbons (Fsp3) is 0.0714. The van der Waals surface area contributed by atoms with Crippen LogP contribution in [0, 0.1) is 0 Å². The second-order valence-corrected chi connectivity index (χ2v) is 5.39. The van der Waals surface area contributed by atoms with Crippen molar-refractivity contribution in [3.05, 3.63) is 62.6 Å². The number of rotatable bonds is 4. The zero-order valence-electron chi connectivity index (χ0n) is 10.7. The van der Waals surface area contributed by atoms with E-state index >= 15 is 0 Å². The Hall–Kier alpha value is -1.62. The van der Waals surface area contributed by atoms with E-state index in [0.29, 0.717) is 26.4 Å². The Bertz CT molecular complexity index is 690. The van der Waals surface area contributed by atoms with Gasteiger partial charge in [-0.05, 0) is 17.7 Å². The van der Waals surface area contributed by atoms with Crippen LogP contribution in [0.25, 0.3) is 0 Å². The molecule has 0 atom stereocenters. The molecule has 0 spiro atoms. The molecule has 2 rings (SSSR count). The molecule has 0 saturated carbocycles. The van der Waals surface area contributed by atoms with Gasteiger partial charge < -0.3 is 15.7 Å². The van der Waals surface area contributed by atoms with Gasteiger partial charge in [0.25, 0.3) is 0 Å². The van der Waals surface area contributed by atoms with Gasteiger partial charge in [0.15, 0.2) is 5.84 Å². The molecule has 0 aliphatic carbocycles. The predicted octanol–water partition coefficient (Wildman–Crippen LogP) is 4.32. The van der Waals surface area contributed by atoms with Crippen molar-refractivity contribution in [2.45, 2.75) is 6.61 Å². The SMILES string of the molecule is N/C(=N\O)c1cccc(COc2cc(Cl)c(Cl)cc2Cl)c1. The van der Waals surface area contributed by atoms with Crippen LogP contribution in [0.1, 0.15) is 11.1 Å². The Labute approximate surface area is 136 Å². The highest BCUT2D eigenvalue weighted by atomic mass is 35.5. The number of oxime groups is 1. The van der Waals surface area contributed by atoms with Crippen LogP contribution >= 0.6 is 34.8 Å². The maximum Gasteiger partial charge on any atom is 0.170 e. The molecule has 0 aliphatic rings. The third-order valence-electron chi connectivity index (χ3n) is 2.70. The molecule has 0 heterocycles. The average Bonchev–Trinajstić information content (AvgIpc) is 2.49. The van der Waals surface area contributed by atoms with Gasteiger partial charge in [-0.2, -0.15) is 0 Å². The summed E-state index contributed by atoms with van der Waals surface area (Å²) in [5.74, 6) is 0.463. The molecule has 0 aromatic heterocycles. The normalized spacial score (nSPS) is 11.5. The summed E-state index contributed by atoms with van der Waals surface area (Å²) in [6, 6.07) is 10.2. The van der Waals surface area contributed by atoms with E-state index in [4.69, 9.17) is 50.5 Å². The lowest BCUT2D eigenvalue weighted by Crippen LogP contribution is -2.13. The second kappa shape index (κ2) is 6.89. The van der Waals surface area contributed by atoms with Gasteiger partial charge in [-0.1, -0.05) is 58.2 Å². The lowest BCUT2D eigenvalue weighted by atomic mass is 10.1. The zero-order chi connectivity index (χ0) is 15.4. The molecule has 4 nitrogen and oxygen atoms in total. The Balaban J connectivity index is 2.15. The van der Waals surface area contributed by atoms with E-state index in [2.05, 4.69) is 5.16 Å². The van der Waals surface area contributed by atoms with Gasteiger partial charge in [0.1, 0.15) is 12.4 Å². The highest BCUT2D eigenvalue weighted by Crippen LogP contribution is 2.34. The van der Waals surface area contributed by atoms with Gasteiger partial charge in [-0.15, -0.1) is 0 Å². The summed E-state index contributed by atoms with van der Waals surface area (Å²) in [4.78, 5) is 0. The Morgan fingerprint density at radius 2 is 1.81 bits per heavy atom. The number of nitrogens with two attached hydrogens (primary N) is 1. The molecule has 0 radical (unpaired) electrons. The second-order valence-electron chi connectivity index (χ2n) is 4.17. The Kier molecular flexibility index (Phi) is 5.17. The van der Waals surface area contributed by atoms with E-state index < -0.39 is 0 Å². The van der Waals surface area contributed by atoms with E-state index in [1.54, 1.807) is 24.3 Å². The van der Waals surface area contributed by atoms with E-state index in [1.807, 2.05) is 6.07 Å². The van der Waals surface area contributed by atoms with Crippen molar-refractivity contribution in [3.63, 3.8) is 0 Å². The van der Waals surface area contributed by atoms with Crippen molar-refractivity contribution >= 4 is 40.6 Å². The largest absolute Gasteiger partial charge is 0.487 e. The van der Waals surface area contributed by atoms with Crippen LogP contribution in [0.2, 0.25) is 15.1 Å². The van der Waals surface area contributed by atoms with Gasteiger partial charge in [-0.3, -0.25) is 0 Å². The number of halogens is 3. The standard InChI is InChI=1S/C14H11Cl3N2O2/c15-10-5-12(17)13(6-11(10)16)21-7-8-2-1-3-9(4-8)14(18)19-20/h1-6,20H,7H2,(H2,18,19). The maximum atomic E-state index is 8.67. The Morgan fingerprint density at radius 1 is 1.10 bits per heavy atom. The highest BCUT2D eigenvalue weighted by molar-refractivity contribution is 6.43. The third kappa shape index (κ3) is 3.94. The molecule has 2 aromatic rings. The number of benzene rings is 2. The lowest BCUT2D eigenvalue weighted by Gasteiger charge is -2.10. The quantitative estimate of drug-likeness (QED) is 0.285. The molecule has 0 bridgehead atoms. The zero-order valence-corrected chi connectivity index (χ0v) is 13.0. The summed E-state index contributed by atoms with van der Waals surface area (Å²) in [6.07, 6.45) is 0. The minimum Gasteiger partial charge on any atom is -0.487 e. The first kappa shape index (κ1) is 15.8. The van der Waals surface area contributed by atoms with E-state index in [-0.39, 0.29) is 12.4 Å². The predicted molar refractivity (Wildman–Crippen MR) is 84.8 cm³/mol. The van der Waals surface area contributed by atoms with Crippen molar-refractivity contribution in [3.8, 4) is 5.75 Å². The monoisotopic (exact) mass is 344 g/mol. The highest BCUT2D eigenvalue weighted by Gasteiger charge is 2.08. The van der Waals surface area contributed by atoms with E-state index in [0.717, 1.165) is 5.56 Å². The van der Waals surface area contributed by atoms with Crippen molar-refractivity contribution < 1.29 is 9.94 Å². The van der Waals surface area contributed by atoms with Crippen LogP contribution < -0.4 is 10.5 Å². The number of nitrogens with zero attached hydrogens (tertiary/aromatic N) is 1. The van der Waals surface area contributed by atoms with E-state index in [1.165, 1.54) is 6.07 Å². The van der Waals surface area contributed by atoms with Gasteiger partial charge in [0, 0.05) is 11.6 Å². The molecule has 21 heavy (non-hydrogen) atoms. The topological polar surface area (TPSA) is 67.8 Å². The summed E-state index contributed by atoms with van der Waals surface area (Å²) in [6.45, 7) is 0.254. The molecule has 0 fully saturated rings. The third-order valence-corrected chi connectivity index (χ3v) is 3.72. The number of hydrogen-bond donors (Lipinski definition) is 2. The first-order chi connectivity index (χ1) is 10.0. The Morgan fingerprint density at radius 3 is 2.52 bits per heavy atom. The molecule has 0 amide bonds. The molecule has 3 N–H and O–H groups in total. The van der Waals surface area contributed by atoms with Crippen molar-refractivity contribution in [1.29, 1.82) is 0 Å². The van der Waals surface area contributed by atoms with Crippen molar-refractivity contribution in [2.75, 3.05) is 0 Å². The summed E-state index contributed by atoms with van der Waals surface area (Å²) in [5.41, 5.74) is 6.97. The van der Waals surface area contributed by atoms with Crippen LogP contribution in [0.3, 0.4) is 0 Å². The molecule has 7 heteroatoms. The minimum absolute atomic E-state index is 0.0319. The molecular weight excluding hydrogens is 335 g/mol. The van der Waals surface area contributed by atoms with Gasteiger partial charge in [0.2, 0.25) is 0 Å². The number of hydrogen-bond acceptors (Lipinski definition) is 3. The van der Waals surface area contributed by atoms with Gasteiger partial charge >= 0.3 is 0 Å². The summed E-state index contributed by atoms with van der Waals surface area (Å²) in [7, 11) is 0. The van der Waals surface area contributed by atoms with Crippen LogP contribution in [0.5, 0.6) is 5.75 Å².